The molecule has 8 nitrogen and oxygen atoms in total. The molecular weight excluding hydrogens is 491 g/mol. The number of halogens is 1. The highest BCUT2D eigenvalue weighted by atomic mass is 19.1. The van der Waals surface area contributed by atoms with Crippen molar-refractivity contribution in [1.82, 2.24) is 9.97 Å². The zero-order valence-electron chi connectivity index (χ0n) is 21.6. The minimum Gasteiger partial charge on any atom is -0.481 e. The maximum atomic E-state index is 14.6. The Morgan fingerprint density at radius 1 is 1.13 bits per heavy atom. The van der Waals surface area contributed by atoms with Gasteiger partial charge < -0.3 is 24.4 Å². The molecule has 38 heavy (non-hydrogen) atoms. The first kappa shape index (κ1) is 26.1. The lowest BCUT2D eigenvalue weighted by molar-refractivity contribution is -0.139. The molecular formula is C29H31FN2O6. The zero-order valence-corrected chi connectivity index (χ0v) is 21.6. The van der Waals surface area contributed by atoms with Gasteiger partial charge in [0, 0.05) is 41.1 Å². The molecule has 0 amide bonds. The zero-order chi connectivity index (χ0) is 27.0. The van der Waals surface area contributed by atoms with E-state index in [1.807, 2.05) is 19.1 Å². The van der Waals surface area contributed by atoms with Crippen LogP contribution in [-0.2, 0) is 22.6 Å². The highest BCUT2D eigenvalue weighted by Gasteiger charge is 2.59. The number of rotatable bonds is 11. The predicted octanol–water partition coefficient (Wildman–Crippen LogP) is 4.31. The molecule has 3 atom stereocenters. The maximum absolute atomic E-state index is 14.6. The van der Waals surface area contributed by atoms with Gasteiger partial charge in [-0.3, -0.25) is 4.79 Å². The Morgan fingerprint density at radius 3 is 2.68 bits per heavy atom. The predicted molar refractivity (Wildman–Crippen MR) is 137 cm³/mol. The normalized spacial score (nSPS) is 19.6. The fourth-order valence-corrected chi connectivity index (χ4v) is 5.14. The summed E-state index contributed by atoms with van der Waals surface area (Å²) in [6.07, 6.45) is 2.41. The number of ether oxygens (including phenoxy) is 3. The van der Waals surface area contributed by atoms with Gasteiger partial charge in [-0.1, -0.05) is 6.07 Å². The summed E-state index contributed by atoms with van der Waals surface area (Å²) in [6.45, 7) is 6.07. The van der Waals surface area contributed by atoms with E-state index in [9.17, 15) is 19.4 Å². The van der Waals surface area contributed by atoms with E-state index in [4.69, 9.17) is 14.2 Å². The number of aryl methyl sites for hydroxylation is 1. The van der Waals surface area contributed by atoms with Crippen molar-refractivity contribution >= 4 is 5.97 Å². The van der Waals surface area contributed by atoms with Crippen LogP contribution in [0.4, 0.5) is 4.39 Å². The highest BCUT2D eigenvalue weighted by molar-refractivity contribution is 5.77. The van der Waals surface area contributed by atoms with E-state index in [1.54, 1.807) is 38.2 Å². The van der Waals surface area contributed by atoms with Crippen molar-refractivity contribution in [3.8, 4) is 22.9 Å². The minimum atomic E-state index is -0.888. The summed E-state index contributed by atoms with van der Waals surface area (Å²) in [6, 6.07) is 10.3. The van der Waals surface area contributed by atoms with Crippen molar-refractivity contribution in [2.75, 3.05) is 19.8 Å². The molecule has 0 radical (unpaired) electrons. The van der Waals surface area contributed by atoms with Gasteiger partial charge in [-0.05, 0) is 68.0 Å². The quantitative estimate of drug-likeness (QED) is 0.359. The standard InChI is InChI=1S/C29H31FN2O6/c1-16-20(5-7-24(32-16)37-9-8-36-15-29(2,3)35)17-4-6-23(30)19(10-17)14-38-25-12-18-11-21-26(22(18)13-31-25)27(21)28(33)34/h4-7,10,12-13,21,26-27,35H,8-9,11,14-15H2,1-3H3,(H,33,34). The summed E-state index contributed by atoms with van der Waals surface area (Å²) in [7, 11) is 0. The monoisotopic (exact) mass is 522 g/mol. The maximum Gasteiger partial charge on any atom is 0.307 e. The number of pyridine rings is 2. The average molecular weight is 523 g/mol. The van der Waals surface area contributed by atoms with Crippen LogP contribution in [0.15, 0.2) is 42.6 Å². The Labute approximate surface area is 220 Å². The van der Waals surface area contributed by atoms with Gasteiger partial charge in [-0.2, -0.15) is 0 Å². The number of hydrogen-bond acceptors (Lipinski definition) is 7. The smallest absolute Gasteiger partial charge is 0.307 e. The van der Waals surface area contributed by atoms with E-state index in [0.717, 1.165) is 27.9 Å². The second-order valence-electron chi connectivity index (χ2n) is 10.6. The number of nitrogens with zero attached hydrogens (tertiary/aromatic N) is 2. The first-order valence-corrected chi connectivity index (χ1v) is 12.6. The molecule has 3 aromatic rings. The average Bonchev–Trinajstić information content (AvgIpc) is 3.45. The summed E-state index contributed by atoms with van der Waals surface area (Å²) in [4.78, 5) is 20.1. The fourth-order valence-electron chi connectivity index (χ4n) is 5.14. The Kier molecular flexibility index (Phi) is 7.07. The third-order valence-electron chi connectivity index (χ3n) is 6.99. The number of aliphatic carboxylic acids is 1. The highest BCUT2D eigenvalue weighted by Crippen LogP contribution is 2.61. The lowest BCUT2D eigenvalue weighted by Crippen LogP contribution is -2.27. The number of fused-ring (bicyclic) bond motifs is 3. The van der Waals surface area contributed by atoms with E-state index in [-0.39, 0.29) is 36.8 Å². The minimum absolute atomic E-state index is 0.00832. The van der Waals surface area contributed by atoms with Gasteiger partial charge in [0.25, 0.3) is 0 Å². The van der Waals surface area contributed by atoms with Crippen molar-refractivity contribution in [3.63, 3.8) is 0 Å². The molecule has 3 unspecified atom stereocenters. The lowest BCUT2D eigenvalue weighted by Gasteiger charge is -2.17. The number of aliphatic hydroxyl groups is 1. The molecule has 2 aliphatic rings. The van der Waals surface area contributed by atoms with Gasteiger partial charge in [0.15, 0.2) is 0 Å². The van der Waals surface area contributed by atoms with Crippen molar-refractivity contribution in [1.29, 1.82) is 0 Å². The molecule has 9 heteroatoms. The summed E-state index contributed by atoms with van der Waals surface area (Å²) >= 11 is 0. The molecule has 0 saturated heterocycles. The molecule has 2 heterocycles. The summed E-state index contributed by atoms with van der Waals surface area (Å²) in [5.41, 5.74) is 3.93. The molecule has 0 aliphatic heterocycles. The van der Waals surface area contributed by atoms with E-state index in [0.29, 0.717) is 37.0 Å². The lowest BCUT2D eigenvalue weighted by atomic mass is 10.0. The molecule has 0 bridgehead atoms. The van der Waals surface area contributed by atoms with Gasteiger partial charge >= 0.3 is 5.97 Å². The SMILES string of the molecule is Cc1nc(OCCOCC(C)(C)O)ccc1-c1ccc(F)c(COc2cc3c(cn2)C2C(C3)C2C(=O)O)c1. The largest absolute Gasteiger partial charge is 0.481 e. The number of aromatic nitrogens is 2. The van der Waals surface area contributed by atoms with Crippen molar-refractivity contribution in [3.05, 3.63) is 70.8 Å². The molecule has 0 spiro atoms. The van der Waals surface area contributed by atoms with Crippen molar-refractivity contribution in [2.45, 2.75) is 45.3 Å². The molecule has 1 aromatic carbocycles. The molecule has 1 saturated carbocycles. The number of hydrogen-bond donors (Lipinski definition) is 2. The number of benzene rings is 1. The van der Waals surface area contributed by atoms with Crippen molar-refractivity contribution < 1.29 is 33.6 Å². The van der Waals surface area contributed by atoms with E-state index < -0.39 is 11.6 Å². The van der Waals surface area contributed by atoms with Crippen LogP contribution in [0.1, 0.15) is 42.1 Å². The molecule has 200 valence electrons. The molecule has 5 rings (SSSR count). The molecule has 2 aliphatic carbocycles. The first-order chi connectivity index (χ1) is 18.1. The van der Waals surface area contributed by atoms with Gasteiger partial charge in [-0.15, -0.1) is 0 Å². The van der Waals surface area contributed by atoms with E-state index >= 15 is 0 Å². The van der Waals surface area contributed by atoms with Gasteiger partial charge in [0.2, 0.25) is 11.8 Å². The third-order valence-corrected chi connectivity index (χ3v) is 6.99. The van der Waals surface area contributed by atoms with Crippen LogP contribution in [0, 0.1) is 24.6 Å². The van der Waals surface area contributed by atoms with Crippen LogP contribution in [0.5, 0.6) is 11.8 Å². The van der Waals surface area contributed by atoms with Gasteiger partial charge in [-0.25, -0.2) is 14.4 Å². The second kappa shape index (κ2) is 10.3. The number of carbonyl (C=O) groups is 1. The van der Waals surface area contributed by atoms with Crippen molar-refractivity contribution in [2.24, 2.45) is 11.8 Å². The summed E-state index contributed by atoms with van der Waals surface area (Å²) in [5.74, 6) is -0.372. The van der Waals surface area contributed by atoms with Crippen LogP contribution >= 0.6 is 0 Å². The van der Waals surface area contributed by atoms with Crippen LogP contribution < -0.4 is 9.47 Å². The first-order valence-electron chi connectivity index (χ1n) is 12.6. The molecule has 2 N–H and O–H groups in total. The van der Waals surface area contributed by atoms with Crippen LogP contribution in [0.25, 0.3) is 11.1 Å². The Bertz CT molecular complexity index is 1360. The Morgan fingerprint density at radius 2 is 1.95 bits per heavy atom. The molecule has 2 aromatic heterocycles. The second-order valence-corrected chi connectivity index (χ2v) is 10.6. The fraction of sp³-hybridized carbons (Fsp3) is 0.414. The Hall–Kier alpha value is -3.56. The van der Waals surface area contributed by atoms with Gasteiger partial charge in [0.05, 0.1) is 24.7 Å². The molecule has 1 fully saturated rings. The van der Waals surface area contributed by atoms with E-state index in [1.165, 1.54) is 6.07 Å². The summed E-state index contributed by atoms with van der Waals surface area (Å²) in [5, 5.41) is 19.0. The van der Waals surface area contributed by atoms with E-state index in [2.05, 4.69) is 9.97 Å². The summed E-state index contributed by atoms with van der Waals surface area (Å²) < 4.78 is 31.5. The third kappa shape index (κ3) is 5.63. The number of carboxylic acid groups (broad SMARTS) is 1. The van der Waals surface area contributed by atoms with Crippen LogP contribution in [0.3, 0.4) is 0 Å². The number of carboxylic acids is 1. The topological polar surface area (TPSA) is 111 Å². The van der Waals surface area contributed by atoms with Crippen LogP contribution in [-0.4, -0.2) is 51.6 Å². The van der Waals surface area contributed by atoms with Crippen LogP contribution in [0.2, 0.25) is 0 Å². The van der Waals surface area contributed by atoms with Gasteiger partial charge in [0.1, 0.15) is 19.0 Å². The Balaban J connectivity index is 1.20.